The van der Waals surface area contributed by atoms with E-state index in [9.17, 15) is 0 Å². The van der Waals surface area contributed by atoms with Crippen LogP contribution in [-0.2, 0) is 6.42 Å². The van der Waals surface area contributed by atoms with Gasteiger partial charge in [0.1, 0.15) is 5.75 Å². The highest BCUT2D eigenvalue weighted by atomic mass is 16.5. The van der Waals surface area contributed by atoms with E-state index in [1.807, 2.05) is 6.07 Å². The molecule has 0 spiro atoms. The Balaban J connectivity index is 1.96. The molecule has 1 heterocycles. The third-order valence-electron chi connectivity index (χ3n) is 3.71. The first kappa shape index (κ1) is 9.76. The molecule has 1 aliphatic carbocycles. The molecule has 0 atom stereocenters. The van der Waals surface area contributed by atoms with Crippen molar-refractivity contribution in [2.75, 3.05) is 7.11 Å². The number of methoxy groups -OCH3 is 1. The summed E-state index contributed by atoms with van der Waals surface area (Å²) in [5.41, 5.74) is 2.66. The van der Waals surface area contributed by atoms with E-state index >= 15 is 0 Å². The van der Waals surface area contributed by atoms with Crippen molar-refractivity contribution in [3.8, 4) is 5.75 Å². The third kappa shape index (κ3) is 1.58. The summed E-state index contributed by atoms with van der Waals surface area (Å²) < 4.78 is 5.28. The molecule has 0 bridgehead atoms. The Labute approximate surface area is 95.6 Å². The quantitative estimate of drug-likeness (QED) is 0.832. The van der Waals surface area contributed by atoms with Crippen molar-refractivity contribution in [2.45, 2.75) is 25.7 Å². The lowest BCUT2D eigenvalue weighted by Crippen LogP contribution is -2.13. The zero-order valence-corrected chi connectivity index (χ0v) is 9.62. The third-order valence-corrected chi connectivity index (χ3v) is 3.71. The highest BCUT2D eigenvalue weighted by molar-refractivity contribution is 5.84. The van der Waals surface area contributed by atoms with Crippen molar-refractivity contribution in [1.29, 1.82) is 0 Å². The van der Waals surface area contributed by atoms with Crippen LogP contribution in [0.5, 0.6) is 5.75 Å². The molecule has 3 rings (SSSR count). The van der Waals surface area contributed by atoms with Gasteiger partial charge in [0.25, 0.3) is 0 Å². The molecule has 1 N–H and O–H groups in total. The fourth-order valence-corrected chi connectivity index (χ4v) is 2.46. The highest BCUT2D eigenvalue weighted by Gasteiger charge is 2.19. The van der Waals surface area contributed by atoms with E-state index in [0.29, 0.717) is 0 Å². The Morgan fingerprint density at radius 2 is 2.25 bits per heavy atom. The van der Waals surface area contributed by atoms with E-state index in [1.165, 1.54) is 42.1 Å². The predicted molar refractivity (Wildman–Crippen MR) is 65.9 cm³/mol. The van der Waals surface area contributed by atoms with E-state index in [4.69, 9.17) is 4.74 Å². The van der Waals surface area contributed by atoms with Crippen LogP contribution in [0.25, 0.3) is 10.9 Å². The molecule has 0 saturated heterocycles. The van der Waals surface area contributed by atoms with Crippen molar-refractivity contribution >= 4 is 10.9 Å². The summed E-state index contributed by atoms with van der Waals surface area (Å²) in [7, 11) is 1.72. The molecule has 16 heavy (non-hydrogen) atoms. The summed E-state index contributed by atoms with van der Waals surface area (Å²) in [4.78, 5) is 3.34. The van der Waals surface area contributed by atoms with Crippen molar-refractivity contribution in [3.05, 3.63) is 30.0 Å². The van der Waals surface area contributed by atoms with E-state index in [0.717, 1.165) is 11.7 Å². The standard InChI is InChI=1S/C14H17NO/c1-16-12-5-6-14-13(8-12)11(9-15-14)7-10-3-2-4-10/h5-6,8-10,15H,2-4,7H2,1H3. The Kier molecular flexibility index (Phi) is 2.35. The smallest absolute Gasteiger partial charge is 0.119 e. The number of aromatic nitrogens is 1. The summed E-state index contributed by atoms with van der Waals surface area (Å²) in [6.07, 6.45) is 7.58. The summed E-state index contributed by atoms with van der Waals surface area (Å²) in [5.74, 6) is 1.85. The number of fused-ring (bicyclic) bond motifs is 1. The van der Waals surface area contributed by atoms with Crippen LogP contribution in [-0.4, -0.2) is 12.1 Å². The number of ether oxygens (including phenoxy) is 1. The van der Waals surface area contributed by atoms with Gasteiger partial charge in [0.2, 0.25) is 0 Å². The molecular formula is C14H17NO. The number of rotatable bonds is 3. The van der Waals surface area contributed by atoms with Gasteiger partial charge >= 0.3 is 0 Å². The van der Waals surface area contributed by atoms with Gasteiger partial charge in [-0.05, 0) is 36.1 Å². The second-order valence-corrected chi connectivity index (χ2v) is 4.73. The van der Waals surface area contributed by atoms with E-state index < -0.39 is 0 Å². The first-order valence-electron chi connectivity index (χ1n) is 6.01. The summed E-state index contributed by atoms with van der Waals surface area (Å²) >= 11 is 0. The molecule has 1 aliphatic rings. The highest BCUT2D eigenvalue weighted by Crippen LogP contribution is 2.32. The van der Waals surface area contributed by atoms with Crippen molar-refractivity contribution in [1.82, 2.24) is 4.98 Å². The summed E-state index contributed by atoms with van der Waals surface area (Å²) in [6.45, 7) is 0. The second kappa shape index (κ2) is 3.85. The number of benzene rings is 1. The lowest BCUT2D eigenvalue weighted by Gasteiger charge is -2.24. The van der Waals surface area contributed by atoms with Gasteiger partial charge in [0, 0.05) is 17.1 Å². The molecule has 0 unspecified atom stereocenters. The maximum absolute atomic E-state index is 5.28. The van der Waals surface area contributed by atoms with Crippen molar-refractivity contribution < 1.29 is 4.74 Å². The van der Waals surface area contributed by atoms with E-state index in [1.54, 1.807) is 7.11 Å². The molecule has 0 radical (unpaired) electrons. The molecule has 0 amide bonds. The van der Waals surface area contributed by atoms with E-state index in [2.05, 4.69) is 23.3 Å². The van der Waals surface area contributed by atoms with Crippen LogP contribution in [0.4, 0.5) is 0 Å². The van der Waals surface area contributed by atoms with Gasteiger partial charge in [-0.25, -0.2) is 0 Å². The normalized spacial score (nSPS) is 16.3. The van der Waals surface area contributed by atoms with Crippen LogP contribution >= 0.6 is 0 Å². The molecule has 2 nitrogen and oxygen atoms in total. The zero-order chi connectivity index (χ0) is 11.0. The van der Waals surface area contributed by atoms with Crippen molar-refractivity contribution in [2.24, 2.45) is 5.92 Å². The Hall–Kier alpha value is -1.44. The van der Waals surface area contributed by atoms with Gasteiger partial charge in [-0.3, -0.25) is 0 Å². The summed E-state index contributed by atoms with van der Waals surface area (Å²) in [5, 5.41) is 1.33. The summed E-state index contributed by atoms with van der Waals surface area (Å²) in [6, 6.07) is 6.24. The first-order valence-corrected chi connectivity index (χ1v) is 6.01. The molecule has 2 heteroatoms. The second-order valence-electron chi connectivity index (χ2n) is 4.73. The molecule has 1 fully saturated rings. The number of H-pyrrole nitrogens is 1. The molecule has 1 aromatic heterocycles. The zero-order valence-electron chi connectivity index (χ0n) is 9.62. The molecule has 1 saturated carbocycles. The fourth-order valence-electron chi connectivity index (χ4n) is 2.46. The van der Waals surface area contributed by atoms with Crippen LogP contribution in [0.1, 0.15) is 24.8 Å². The average Bonchev–Trinajstić information content (AvgIpc) is 2.65. The topological polar surface area (TPSA) is 25.0 Å². The first-order chi connectivity index (χ1) is 7.86. The van der Waals surface area contributed by atoms with Gasteiger partial charge < -0.3 is 9.72 Å². The van der Waals surface area contributed by atoms with Crippen LogP contribution in [0, 0.1) is 5.92 Å². The van der Waals surface area contributed by atoms with Gasteiger partial charge in [-0.2, -0.15) is 0 Å². The van der Waals surface area contributed by atoms with Gasteiger partial charge in [-0.1, -0.05) is 19.3 Å². The Bertz CT molecular complexity index is 496. The van der Waals surface area contributed by atoms with Gasteiger partial charge in [0.05, 0.1) is 7.11 Å². The van der Waals surface area contributed by atoms with Crippen LogP contribution in [0.15, 0.2) is 24.4 Å². The lowest BCUT2D eigenvalue weighted by atomic mass is 9.81. The minimum Gasteiger partial charge on any atom is -0.497 e. The Morgan fingerprint density at radius 3 is 2.94 bits per heavy atom. The lowest BCUT2D eigenvalue weighted by molar-refractivity contribution is 0.315. The maximum atomic E-state index is 5.28. The van der Waals surface area contributed by atoms with Crippen LogP contribution in [0.3, 0.4) is 0 Å². The molecule has 84 valence electrons. The molecule has 0 aliphatic heterocycles. The van der Waals surface area contributed by atoms with Crippen molar-refractivity contribution in [3.63, 3.8) is 0 Å². The number of nitrogens with one attached hydrogen (secondary N) is 1. The number of hydrogen-bond donors (Lipinski definition) is 1. The van der Waals surface area contributed by atoms with Gasteiger partial charge in [-0.15, -0.1) is 0 Å². The number of aromatic amines is 1. The predicted octanol–water partition coefficient (Wildman–Crippen LogP) is 3.52. The molecule has 1 aromatic carbocycles. The van der Waals surface area contributed by atoms with Gasteiger partial charge in [0.15, 0.2) is 0 Å². The minimum absolute atomic E-state index is 0.908. The number of hydrogen-bond acceptors (Lipinski definition) is 1. The minimum atomic E-state index is 0.908. The fraction of sp³-hybridized carbons (Fsp3) is 0.429. The largest absolute Gasteiger partial charge is 0.497 e. The molecule has 2 aromatic rings. The van der Waals surface area contributed by atoms with Crippen LogP contribution < -0.4 is 4.74 Å². The average molecular weight is 215 g/mol. The monoisotopic (exact) mass is 215 g/mol. The van der Waals surface area contributed by atoms with E-state index in [-0.39, 0.29) is 0 Å². The molecular weight excluding hydrogens is 198 g/mol. The Morgan fingerprint density at radius 1 is 1.38 bits per heavy atom. The maximum Gasteiger partial charge on any atom is 0.119 e. The van der Waals surface area contributed by atoms with Crippen LogP contribution in [0.2, 0.25) is 0 Å². The SMILES string of the molecule is COc1ccc2[nH]cc(CC3CCC3)c2c1.